The zero-order valence-corrected chi connectivity index (χ0v) is 18.8. The van der Waals surface area contributed by atoms with Crippen molar-refractivity contribution in [3.63, 3.8) is 0 Å². The first-order chi connectivity index (χ1) is 16.5. The monoisotopic (exact) mass is 457 g/mol. The first-order valence-corrected chi connectivity index (χ1v) is 10.9. The number of esters is 1. The van der Waals surface area contributed by atoms with Crippen LogP contribution < -0.4 is 20.9 Å². The van der Waals surface area contributed by atoms with Crippen molar-refractivity contribution in [1.82, 2.24) is 0 Å². The van der Waals surface area contributed by atoms with Crippen LogP contribution in [0.4, 0.5) is 11.4 Å². The molecule has 7 heteroatoms. The van der Waals surface area contributed by atoms with Gasteiger partial charge in [-0.2, -0.15) is 5.26 Å². The highest BCUT2D eigenvalue weighted by molar-refractivity contribution is 5.87. The number of nitrogens with two attached hydrogens (primary N) is 2. The average Bonchev–Trinajstić information content (AvgIpc) is 2.85. The first kappa shape index (κ1) is 24.2. The van der Waals surface area contributed by atoms with Gasteiger partial charge in [0.15, 0.2) is 0 Å². The van der Waals surface area contributed by atoms with Crippen molar-refractivity contribution in [3.05, 3.63) is 89.5 Å². The minimum absolute atomic E-state index is 0.235. The predicted molar refractivity (Wildman–Crippen MR) is 132 cm³/mol. The molecule has 7 nitrogen and oxygen atoms in total. The van der Waals surface area contributed by atoms with Crippen molar-refractivity contribution < 1.29 is 19.0 Å². The van der Waals surface area contributed by atoms with Gasteiger partial charge in [-0.1, -0.05) is 18.2 Å². The van der Waals surface area contributed by atoms with E-state index >= 15 is 0 Å². The fraction of sp³-hybridized carbons (Fsp3) is 0.185. The second-order valence-electron chi connectivity index (χ2n) is 7.46. The first-order valence-electron chi connectivity index (χ1n) is 10.9. The summed E-state index contributed by atoms with van der Waals surface area (Å²) in [7, 11) is 0. The van der Waals surface area contributed by atoms with Crippen molar-refractivity contribution in [2.24, 2.45) is 0 Å². The van der Waals surface area contributed by atoms with Crippen LogP contribution in [0.15, 0.2) is 72.8 Å². The van der Waals surface area contributed by atoms with E-state index in [4.69, 9.17) is 30.9 Å². The van der Waals surface area contributed by atoms with Gasteiger partial charge in [0.25, 0.3) is 0 Å². The number of anilines is 2. The molecule has 3 aromatic rings. The van der Waals surface area contributed by atoms with Crippen LogP contribution >= 0.6 is 0 Å². The molecule has 0 saturated heterocycles. The zero-order valence-electron chi connectivity index (χ0n) is 18.8. The molecule has 3 rings (SSSR count). The molecule has 0 atom stereocenters. The molecule has 0 aliphatic heterocycles. The number of carbonyl (C=O) groups is 1. The van der Waals surface area contributed by atoms with Gasteiger partial charge in [-0.3, -0.25) is 0 Å². The molecule has 0 spiro atoms. The standard InChI is InChI=1S/C27H27N3O4/c28-19-21-4-11-25(12-5-21)33-16-1-15-32-24-9-2-20(3-10-24)6-13-27(31)34-17-14-22-7-8-23(29)18-26(22)30/h2-13,18H,1,14-17,29-30H2/b13-6+. The van der Waals surface area contributed by atoms with Crippen molar-refractivity contribution in [1.29, 1.82) is 5.26 Å². The summed E-state index contributed by atoms with van der Waals surface area (Å²) in [6, 6.07) is 21.8. The number of rotatable bonds is 11. The van der Waals surface area contributed by atoms with E-state index in [-0.39, 0.29) is 6.61 Å². The molecule has 0 amide bonds. The van der Waals surface area contributed by atoms with Crippen LogP contribution in [0.2, 0.25) is 0 Å². The van der Waals surface area contributed by atoms with Gasteiger partial charge in [0.2, 0.25) is 0 Å². The summed E-state index contributed by atoms with van der Waals surface area (Å²) in [5.41, 5.74) is 15.1. The Balaban J connectivity index is 1.33. The Morgan fingerprint density at radius 2 is 1.53 bits per heavy atom. The molecule has 0 aromatic heterocycles. The number of nitrogen functional groups attached to an aromatic ring is 2. The highest BCUT2D eigenvalue weighted by Gasteiger charge is 2.03. The third kappa shape index (κ3) is 7.92. The van der Waals surface area contributed by atoms with Crippen LogP contribution in [0.3, 0.4) is 0 Å². The molecule has 0 aliphatic rings. The van der Waals surface area contributed by atoms with Crippen molar-refractivity contribution >= 4 is 23.4 Å². The summed E-state index contributed by atoms with van der Waals surface area (Å²) in [6.45, 7) is 1.26. The summed E-state index contributed by atoms with van der Waals surface area (Å²) in [4.78, 5) is 11.9. The minimum Gasteiger partial charge on any atom is -0.493 e. The Morgan fingerprint density at radius 3 is 2.15 bits per heavy atom. The van der Waals surface area contributed by atoms with Gasteiger partial charge in [-0.05, 0) is 65.7 Å². The Labute approximate surface area is 199 Å². The van der Waals surface area contributed by atoms with Gasteiger partial charge in [-0.15, -0.1) is 0 Å². The van der Waals surface area contributed by atoms with Gasteiger partial charge in [0.05, 0.1) is 31.5 Å². The molecule has 0 bridgehead atoms. The second-order valence-corrected chi connectivity index (χ2v) is 7.46. The number of carbonyl (C=O) groups excluding carboxylic acids is 1. The summed E-state index contributed by atoms with van der Waals surface area (Å²) < 4.78 is 16.6. The fourth-order valence-corrected chi connectivity index (χ4v) is 3.05. The molecule has 0 aliphatic carbocycles. The lowest BCUT2D eigenvalue weighted by atomic mass is 10.1. The highest BCUT2D eigenvalue weighted by Crippen LogP contribution is 2.17. The van der Waals surface area contributed by atoms with Gasteiger partial charge < -0.3 is 25.7 Å². The van der Waals surface area contributed by atoms with E-state index in [1.54, 1.807) is 42.5 Å². The Bertz CT molecular complexity index is 1150. The smallest absolute Gasteiger partial charge is 0.330 e. The van der Waals surface area contributed by atoms with E-state index in [0.717, 1.165) is 29.0 Å². The molecule has 174 valence electrons. The van der Waals surface area contributed by atoms with E-state index in [2.05, 4.69) is 6.07 Å². The molecular formula is C27H27N3O4. The van der Waals surface area contributed by atoms with Crippen LogP contribution in [0.1, 0.15) is 23.1 Å². The Morgan fingerprint density at radius 1 is 0.882 bits per heavy atom. The van der Waals surface area contributed by atoms with E-state index in [1.807, 2.05) is 30.3 Å². The van der Waals surface area contributed by atoms with E-state index in [0.29, 0.717) is 36.6 Å². The molecular weight excluding hydrogens is 430 g/mol. The van der Waals surface area contributed by atoms with Crippen molar-refractivity contribution in [2.45, 2.75) is 12.8 Å². The lowest BCUT2D eigenvalue weighted by Gasteiger charge is -2.08. The number of hydrogen-bond donors (Lipinski definition) is 2. The second kappa shape index (κ2) is 12.6. The van der Waals surface area contributed by atoms with Crippen LogP contribution in [-0.4, -0.2) is 25.8 Å². The van der Waals surface area contributed by atoms with Gasteiger partial charge >= 0.3 is 5.97 Å². The van der Waals surface area contributed by atoms with Gasteiger partial charge in [0, 0.05) is 30.3 Å². The normalized spacial score (nSPS) is 10.6. The highest BCUT2D eigenvalue weighted by atomic mass is 16.5. The Hall–Kier alpha value is -4.44. The summed E-state index contributed by atoms with van der Waals surface area (Å²) in [6.07, 6.45) is 4.32. The molecule has 0 fully saturated rings. The summed E-state index contributed by atoms with van der Waals surface area (Å²) >= 11 is 0. The minimum atomic E-state index is -0.420. The third-order valence-corrected chi connectivity index (χ3v) is 4.89. The maximum Gasteiger partial charge on any atom is 0.330 e. The molecule has 3 aromatic carbocycles. The molecule has 4 N–H and O–H groups in total. The SMILES string of the molecule is N#Cc1ccc(OCCCOc2ccc(/C=C/C(=O)OCCc3ccc(N)cc3N)cc2)cc1. The van der Waals surface area contributed by atoms with Crippen LogP contribution in [-0.2, 0) is 16.0 Å². The van der Waals surface area contributed by atoms with Crippen LogP contribution in [0.25, 0.3) is 6.08 Å². The summed E-state index contributed by atoms with van der Waals surface area (Å²) in [5.74, 6) is 1.04. The lowest BCUT2D eigenvalue weighted by Crippen LogP contribution is -2.06. The molecule has 34 heavy (non-hydrogen) atoms. The number of ether oxygens (including phenoxy) is 3. The van der Waals surface area contributed by atoms with Gasteiger partial charge in [-0.25, -0.2) is 4.79 Å². The number of nitrogens with zero attached hydrogens (tertiary/aromatic N) is 1. The predicted octanol–water partition coefficient (Wildman–Crippen LogP) is 4.37. The fourth-order valence-electron chi connectivity index (χ4n) is 3.05. The quantitative estimate of drug-likeness (QED) is 0.190. The molecule has 0 heterocycles. The van der Waals surface area contributed by atoms with Crippen LogP contribution in [0.5, 0.6) is 11.5 Å². The lowest BCUT2D eigenvalue weighted by molar-refractivity contribution is -0.137. The third-order valence-electron chi connectivity index (χ3n) is 4.89. The topological polar surface area (TPSA) is 121 Å². The Kier molecular flexibility index (Phi) is 8.94. The van der Waals surface area contributed by atoms with Gasteiger partial charge in [0.1, 0.15) is 11.5 Å². The maximum absolute atomic E-state index is 11.9. The van der Waals surface area contributed by atoms with E-state index < -0.39 is 5.97 Å². The van der Waals surface area contributed by atoms with Crippen LogP contribution in [0, 0.1) is 11.3 Å². The molecule has 0 unspecified atom stereocenters. The number of hydrogen-bond acceptors (Lipinski definition) is 7. The zero-order chi connectivity index (χ0) is 24.2. The van der Waals surface area contributed by atoms with E-state index in [1.165, 1.54) is 6.08 Å². The largest absolute Gasteiger partial charge is 0.493 e. The van der Waals surface area contributed by atoms with Crippen molar-refractivity contribution in [3.8, 4) is 17.6 Å². The number of benzene rings is 3. The average molecular weight is 458 g/mol. The number of nitriles is 1. The molecule has 0 saturated carbocycles. The maximum atomic E-state index is 11.9. The van der Waals surface area contributed by atoms with E-state index in [9.17, 15) is 4.79 Å². The summed E-state index contributed by atoms with van der Waals surface area (Å²) in [5, 5.41) is 8.80. The van der Waals surface area contributed by atoms with Crippen molar-refractivity contribution in [2.75, 3.05) is 31.3 Å². The molecule has 0 radical (unpaired) electrons.